The summed E-state index contributed by atoms with van der Waals surface area (Å²) in [4.78, 5) is 21.4. The van der Waals surface area contributed by atoms with Crippen LogP contribution in [-0.2, 0) is 28.4 Å². The molecule has 15 heteroatoms. The molecule has 1 amide bonds. The normalized spacial score (nSPS) is 23.1. The van der Waals surface area contributed by atoms with E-state index in [1.165, 1.54) is 22.6 Å². The highest BCUT2D eigenvalue weighted by molar-refractivity contribution is 8.18. The Hall–Kier alpha value is -3.40. The highest BCUT2D eigenvalue weighted by Gasteiger charge is 2.40. The van der Waals surface area contributed by atoms with Gasteiger partial charge in [0.1, 0.15) is 0 Å². The summed E-state index contributed by atoms with van der Waals surface area (Å²) in [5.41, 5.74) is -2.00. The van der Waals surface area contributed by atoms with E-state index in [1.807, 2.05) is 4.90 Å². The van der Waals surface area contributed by atoms with Crippen molar-refractivity contribution in [2.24, 2.45) is 4.99 Å². The molecule has 1 N–H and O–H groups in total. The molecule has 2 aromatic carbocycles. The van der Waals surface area contributed by atoms with Crippen molar-refractivity contribution in [1.82, 2.24) is 19.6 Å². The number of rotatable bonds is 4. The molecule has 43 heavy (non-hydrogen) atoms. The average molecular weight is 626 g/mol. The second-order valence-electron chi connectivity index (χ2n) is 10.5. The fourth-order valence-electron chi connectivity index (χ4n) is 5.52. The Morgan fingerprint density at radius 1 is 1.02 bits per heavy atom. The van der Waals surface area contributed by atoms with Gasteiger partial charge in [-0.15, -0.1) is 0 Å². The third-order valence-corrected chi connectivity index (χ3v) is 8.72. The number of fused-ring (bicyclic) bond motifs is 1. The maximum Gasteiger partial charge on any atom is 0.416 e. The van der Waals surface area contributed by atoms with E-state index in [2.05, 4.69) is 15.0 Å². The number of likely N-dealkylation sites (tertiary alicyclic amines) is 1. The van der Waals surface area contributed by atoms with Gasteiger partial charge in [-0.05, 0) is 53.2 Å². The number of halogens is 6. The molecule has 0 bridgehead atoms. The van der Waals surface area contributed by atoms with Crippen LogP contribution in [0, 0.1) is 0 Å². The lowest BCUT2D eigenvalue weighted by atomic mass is 10.0. The number of hydrogen-bond donors (Lipinski definition) is 1. The molecule has 2 saturated heterocycles. The van der Waals surface area contributed by atoms with Crippen molar-refractivity contribution in [2.45, 2.75) is 31.0 Å². The number of aromatic nitrogens is 2. The second kappa shape index (κ2) is 11.3. The number of ether oxygens (including phenoxy) is 1. The Morgan fingerprint density at radius 2 is 1.79 bits per heavy atom. The first-order chi connectivity index (χ1) is 20.4. The van der Waals surface area contributed by atoms with Gasteiger partial charge in [0.05, 0.1) is 59.6 Å². The molecular formula is C28H25F6N5O3S. The molecule has 8 nitrogen and oxygen atoms in total. The quantitative estimate of drug-likeness (QED) is 0.339. The molecule has 0 radical (unpaired) electrons. The highest BCUT2D eigenvalue weighted by Crippen LogP contribution is 2.38. The number of thioether (sulfide) groups is 1. The monoisotopic (exact) mass is 625 g/mol. The van der Waals surface area contributed by atoms with Crippen molar-refractivity contribution in [1.29, 1.82) is 0 Å². The number of aliphatic hydroxyl groups is 1. The molecule has 3 aromatic rings. The molecule has 0 saturated carbocycles. The van der Waals surface area contributed by atoms with E-state index in [0.717, 1.165) is 19.2 Å². The molecule has 2 fully saturated rings. The fraction of sp³-hybridized carbons (Fsp3) is 0.393. The lowest BCUT2D eigenvalue weighted by Gasteiger charge is -2.33. The molecule has 0 aliphatic carbocycles. The van der Waals surface area contributed by atoms with E-state index in [4.69, 9.17) is 4.74 Å². The first-order valence-electron chi connectivity index (χ1n) is 13.4. The van der Waals surface area contributed by atoms with Crippen molar-refractivity contribution in [3.8, 4) is 0 Å². The van der Waals surface area contributed by atoms with Crippen LogP contribution in [0.15, 0.2) is 52.5 Å². The number of alkyl halides is 6. The minimum absolute atomic E-state index is 0.0796. The molecule has 3 aliphatic heterocycles. The van der Waals surface area contributed by atoms with Gasteiger partial charge in [-0.25, -0.2) is 0 Å². The summed E-state index contributed by atoms with van der Waals surface area (Å²) >= 11 is 1.21. The predicted octanol–water partition coefficient (Wildman–Crippen LogP) is 4.47. The van der Waals surface area contributed by atoms with Crippen molar-refractivity contribution in [3.63, 3.8) is 0 Å². The van der Waals surface area contributed by atoms with E-state index in [9.17, 15) is 36.2 Å². The van der Waals surface area contributed by atoms with Gasteiger partial charge < -0.3 is 14.7 Å². The van der Waals surface area contributed by atoms with Crippen LogP contribution in [0.3, 0.4) is 0 Å². The predicted molar refractivity (Wildman–Crippen MR) is 147 cm³/mol. The van der Waals surface area contributed by atoms with Crippen molar-refractivity contribution in [3.05, 3.63) is 69.8 Å². The molecule has 2 atom stereocenters. The third-order valence-electron chi connectivity index (χ3n) is 7.68. The second-order valence-corrected chi connectivity index (χ2v) is 11.5. The largest absolute Gasteiger partial charge is 0.416 e. The van der Waals surface area contributed by atoms with Crippen LogP contribution >= 0.6 is 11.8 Å². The number of aliphatic imine (C=N–C) groups is 1. The van der Waals surface area contributed by atoms with E-state index >= 15 is 0 Å². The minimum Gasteiger partial charge on any atom is -0.390 e. The summed E-state index contributed by atoms with van der Waals surface area (Å²) in [7, 11) is 0. The van der Waals surface area contributed by atoms with Gasteiger partial charge in [0.25, 0.3) is 5.91 Å². The zero-order valence-corrected chi connectivity index (χ0v) is 23.2. The molecule has 4 heterocycles. The number of amides is 1. The molecular weight excluding hydrogens is 600 g/mol. The summed E-state index contributed by atoms with van der Waals surface area (Å²) < 4.78 is 86.7. The number of nitrogens with zero attached hydrogens (tertiary/aromatic N) is 5. The lowest BCUT2D eigenvalue weighted by Crippen LogP contribution is -2.48. The van der Waals surface area contributed by atoms with E-state index in [-0.39, 0.29) is 17.7 Å². The summed E-state index contributed by atoms with van der Waals surface area (Å²) in [6.07, 6.45) is -7.38. The van der Waals surface area contributed by atoms with Crippen LogP contribution in [0.5, 0.6) is 0 Å². The molecule has 6 rings (SSSR count). The summed E-state index contributed by atoms with van der Waals surface area (Å²) in [5.74, 6) is -0.415. The zero-order chi connectivity index (χ0) is 30.5. The average Bonchev–Trinajstić information content (AvgIpc) is 3.65. The Morgan fingerprint density at radius 3 is 2.51 bits per heavy atom. The van der Waals surface area contributed by atoms with Gasteiger partial charge in [0.2, 0.25) is 0 Å². The number of amidine groups is 1. The van der Waals surface area contributed by atoms with Crippen molar-refractivity contribution >= 4 is 39.8 Å². The van der Waals surface area contributed by atoms with Crippen LogP contribution in [-0.4, -0.2) is 87.3 Å². The standard InChI is InChI=1S/C28H25F6N5O3S/c29-27(30,31)19-3-2-17(20(11-19)28(32,33)34)13-39-21-4-1-16(9-18(21)12-35-39)10-24-25(41)36-26(43-24)38-14-22(23(40)15-38)37-5-7-42-8-6-37/h1-4,9-12,22-23,40H,5-8,13-15H2/b24-10-/t22-,23-/m0/s1. The zero-order valence-electron chi connectivity index (χ0n) is 22.4. The van der Waals surface area contributed by atoms with Gasteiger partial charge in [-0.2, -0.15) is 36.4 Å². The molecule has 0 unspecified atom stereocenters. The Labute approximate surface area is 245 Å². The topological polar surface area (TPSA) is 83.2 Å². The van der Waals surface area contributed by atoms with Gasteiger partial charge >= 0.3 is 12.4 Å². The fourth-order valence-corrected chi connectivity index (χ4v) is 6.45. The van der Waals surface area contributed by atoms with E-state index in [0.29, 0.717) is 58.9 Å². The Kier molecular flexibility index (Phi) is 7.77. The third kappa shape index (κ3) is 6.16. The summed E-state index contributed by atoms with van der Waals surface area (Å²) in [6, 6.07) is 6.49. The Balaban J connectivity index is 1.18. The van der Waals surface area contributed by atoms with Crippen LogP contribution in [0.25, 0.3) is 17.0 Å². The number of morpholine rings is 1. The number of β-amino-alcohol motifs (C(OH)–C–C–N with tert-alkyl or cyclic N) is 1. The van der Waals surface area contributed by atoms with Gasteiger partial charge in [-0.1, -0.05) is 12.1 Å². The number of hydrogen-bond acceptors (Lipinski definition) is 7. The summed E-state index contributed by atoms with van der Waals surface area (Å²) in [6.45, 7) is 3.17. The SMILES string of the molecule is O=C1N=C(N2C[C@H](O)[C@@H](N3CCOCC3)C2)S/C1=C\c1ccc2c(cnn2Cc2ccc(C(F)(F)F)cc2C(F)(F)F)c1. The first kappa shape index (κ1) is 29.7. The molecule has 228 valence electrons. The van der Waals surface area contributed by atoms with Crippen LogP contribution in [0.4, 0.5) is 26.3 Å². The maximum atomic E-state index is 13.6. The Bertz CT molecular complexity index is 1610. The van der Waals surface area contributed by atoms with Gasteiger partial charge in [0, 0.05) is 31.6 Å². The minimum atomic E-state index is -4.98. The highest BCUT2D eigenvalue weighted by atomic mass is 32.2. The van der Waals surface area contributed by atoms with Crippen molar-refractivity contribution < 1.29 is 41.0 Å². The number of carbonyl (C=O) groups is 1. The smallest absolute Gasteiger partial charge is 0.390 e. The van der Waals surface area contributed by atoms with Crippen LogP contribution in [0.2, 0.25) is 0 Å². The van der Waals surface area contributed by atoms with Gasteiger partial charge in [-0.3, -0.25) is 14.4 Å². The van der Waals surface area contributed by atoms with Crippen LogP contribution in [0.1, 0.15) is 22.3 Å². The van der Waals surface area contributed by atoms with Crippen molar-refractivity contribution in [2.75, 3.05) is 39.4 Å². The molecule has 3 aliphatic rings. The first-order valence-corrected chi connectivity index (χ1v) is 14.2. The van der Waals surface area contributed by atoms with E-state index < -0.39 is 42.0 Å². The summed E-state index contributed by atoms with van der Waals surface area (Å²) in [5, 5.41) is 15.9. The molecule has 0 spiro atoms. The van der Waals surface area contributed by atoms with E-state index in [1.54, 1.807) is 24.3 Å². The maximum absolute atomic E-state index is 13.6. The lowest BCUT2D eigenvalue weighted by molar-refractivity contribution is -0.143. The van der Waals surface area contributed by atoms with Gasteiger partial charge in [0.15, 0.2) is 5.17 Å². The number of benzene rings is 2. The van der Waals surface area contributed by atoms with Crippen LogP contribution < -0.4 is 0 Å². The number of carbonyl (C=O) groups excluding carboxylic acids is 1. The molecule has 1 aromatic heterocycles. The number of aliphatic hydroxyl groups excluding tert-OH is 1.